The summed E-state index contributed by atoms with van der Waals surface area (Å²) in [6.07, 6.45) is 3.88. The number of hydrogen-bond acceptors (Lipinski definition) is 2. The van der Waals surface area contributed by atoms with Gasteiger partial charge in [-0.1, -0.05) is 18.2 Å². The second kappa shape index (κ2) is 7.59. The Morgan fingerprint density at radius 1 is 1.03 bits per heavy atom. The molecular formula is C24H27N4O+. The quantitative estimate of drug-likeness (QED) is 0.517. The van der Waals surface area contributed by atoms with E-state index in [1.54, 1.807) is 0 Å². The molecule has 0 aliphatic heterocycles. The molecule has 0 unspecified atom stereocenters. The largest absolute Gasteiger partial charge is 0.377 e. The van der Waals surface area contributed by atoms with E-state index >= 15 is 0 Å². The highest BCUT2D eigenvalue weighted by Crippen LogP contribution is 2.31. The van der Waals surface area contributed by atoms with Crippen molar-refractivity contribution in [3.05, 3.63) is 67.0 Å². The first-order valence-corrected chi connectivity index (χ1v) is 9.99. The molecule has 0 aliphatic carbocycles. The summed E-state index contributed by atoms with van der Waals surface area (Å²) < 4.78 is 4.23. The first-order valence-electron chi connectivity index (χ1n) is 9.99. The summed E-state index contributed by atoms with van der Waals surface area (Å²) in [7, 11) is 4.00. The molecule has 4 rings (SSSR count). The Morgan fingerprint density at radius 2 is 1.72 bits per heavy atom. The van der Waals surface area contributed by atoms with Gasteiger partial charge in [-0.3, -0.25) is 4.79 Å². The number of benzene rings is 2. The Bertz CT molecular complexity index is 1170. The topological polar surface area (TPSA) is 41.2 Å². The molecule has 5 heteroatoms. The molecule has 0 saturated heterocycles. The molecule has 1 atom stereocenters. The minimum absolute atomic E-state index is 0.0359. The fourth-order valence-corrected chi connectivity index (χ4v) is 3.84. The number of hydrogen-bond donors (Lipinski definition) is 1. The number of aromatic nitrogens is 2. The van der Waals surface area contributed by atoms with Crippen molar-refractivity contribution < 1.29 is 9.36 Å². The highest BCUT2D eigenvalue weighted by Gasteiger charge is 2.22. The van der Waals surface area contributed by atoms with E-state index in [1.165, 1.54) is 16.4 Å². The lowest BCUT2D eigenvalue weighted by atomic mass is 10.1. The molecule has 2 aromatic carbocycles. The number of carbonyl (C=O) groups excluding carboxylic acids is 1. The van der Waals surface area contributed by atoms with Gasteiger partial charge in [-0.05, 0) is 31.2 Å². The van der Waals surface area contributed by atoms with Gasteiger partial charge in [0.15, 0.2) is 12.4 Å². The van der Waals surface area contributed by atoms with Crippen molar-refractivity contribution in [2.45, 2.75) is 26.4 Å². The summed E-state index contributed by atoms with van der Waals surface area (Å²) in [6, 6.07) is 18.3. The van der Waals surface area contributed by atoms with E-state index < -0.39 is 0 Å². The van der Waals surface area contributed by atoms with Gasteiger partial charge in [0.05, 0.1) is 0 Å². The van der Waals surface area contributed by atoms with Crippen molar-refractivity contribution in [1.29, 1.82) is 0 Å². The predicted molar refractivity (Wildman–Crippen MR) is 119 cm³/mol. The van der Waals surface area contributed by atoms with Gasteiger partial charge in [0, 0.05) is 72.9 Å². The first-order chi connectivity index (χ1) is 14.0. The summed E-state index contributed by atoms with van der Waals surface area (Å²) in [4.78, 5) is 14.9. The van der Waals surface area contributed by atoms with Crippen LogP contribution in [0.15, 0.2) is 67.0 Å². The highest BCUT2D eigenvalue weighted by atomic mass is 16.2. The molecule has 29 heavy (non-hydrogen) atoms. The Balaban J connectivity index is 1.61. The van der Waals surface area contributed by atoms with Crippen LogP contribution in [-0.2, 0) is 11.3 Å². The van der Waals surface area contributed by atoms with Crippen molar-refractivity contribution in [2.24, 2.45) is 0 Å². The standard InChI is InChI=1S/C24H26N4O/c1-5-28-22-9-7-6-8-20(22)21-16-18(10-11-23(21)28)25-24(29)17(2)27-14-12-19(13-15-27)26(3)4/h6-17H,5H2,1-4H3/p+1/t17-/m0/s1. The zero-order valence-electron chi connectivity index (χ0n) is 17.4. The van der Waals surface area contributed by atoms with Crippen molar-refractivity contribution >= 4 is 39.1 Å². The van der Waals surface area contributed by atoms with Gasteiger partial charge in [0.25, 0.3) is 5.91 Å². The average molecular weight is 388 g/mol. The number of pyridine rings is 1. The van der Waals surface area contributed by atoms with Crippen molar-refractivity contribution in [3.8, 4) is 0 Å². The molecule has 1 N–H and O–H groups in total. The fourth-order valence-electron chi connectivity index (χ4n) is 3.84. The Morgan fingerprint density at radius 3 is 2.41 bits per heavy atom. The number of anilines is 2. The number of nitrogens with zero attached hydrogens (tertiary/aromatic N) is 3. The molecule has 0 aliphatic rings. The van der Waals surface area contributed by atoms with Crippen molar-refractivity contribution in [1.82, 2.24) is 4.57 Å². The lowest BCUT2D eigenvalue weighted by Gasteiger charge is -2.12. The van der Waals surface area contributed by atoms with E-state index in [0.717, 1.165) is 23.3 Å². The number of rotatable bonds is 5. The van der Waals surface area contributed by atoms with Crippen LogP contribution < -0.4 is 14.8 Å². The maximum absolute atomic E-state index is 12.8. The van der Waals surface area contributed by atoms with Crippen LogP contribution in [0.2, 0.25) is 0 Å². The molecule has 2 aromatic heterocycles. The normalized spacial score (nSPS) is 12.3. The lowest BCUT2D eigenvalue weighted by molar-refractivity contribution is -0.705. The summed E-state index contributed by atoms with van der Waals surface area (Å²) in [5.41, 5.74) is 4.33. The number of para-hydroxylation sites is 1. The van der Waals surface area contributed by atoms with Gasteiger partial charge < -0.3 is 14.8 Å². The van der Waals surface area contributed by atoms with Gasteiger partial charge in [-0.15, -0.1) is 0 Å². The minimum atomic E-state index is -0.307. The van der Waals surface area contributed by atoms with Gasteiger partial charge in [-0.2, -0.15) is 4.57 Å². The summed E-state index contributed by atoms with van der Waals surface area (Å²) in [5, 5.41) is 5.46. The molecule has 1 amide bonds. The highest BCUT2D eigenvalue weighted by molar-refractivity contribution is 6.09. The third-order valence-corrected chi connectivity index (χ3v) is 5.53. The molecule has 148 valence electrons. The number of amides is 1. The van der Waals surface area contributed by atoms with E-state index in [4.69, 9.17) is 0 Å². The van der Waals surface area contributed by atoms with E-state index in [-0.39, 0.29) is 11.9 Å². The van der Waals surface area contributed by atoms with Gasteiger partial charge in [-0.25, -0.2) is 0 Å². The molecule has 4 aromatic rings. The van der Waals surface area contributed by atoms with Crippen LogP contribution in [0.4, 0.5) is 11.4 Å². The fraction of sp³-hybridized carbons (Fsp3) is 0.250. The van der Waals surface area contributed by atoms with E-state index in [0.29, 0.717) is 0 Å². The van der Waals surface area contributed by atoms with Gasteiger partial charge >= 0.3 is 0 Å². The SMILES string of the molecule is CCn1c2ccccc2c2cc(NC(=O)[C@H](C)[n+]3ccc(N(C)C)cc3)ccc21. The smallest absolute Gasteiger partial charge is 0.293 e. The number of aryl methyl sites for hydroxylation is 1. The van der Waals surface area contributed by atoms with Crippen LogP contribution in [0.1, 0.15) is 19.9 Å². The minimum Gasteiger partial charge on any atom is -0.377 e. The molecule has 5 nitrogen and oxygen atoms in total. The van der Waals surface area contributed by atoms with Gasteiger partial charge in [0.1, 0.15) is 0 Å². The van der Waals surface area contributed by atoms with Crippen molar-refractivity contribution in [3.63, 3.8) is 0 Å². The third kappa shape index (κ3) is 3.44. The molecule has 2 heterocycles. The maximum atomic E-state index is 12.8. The van der Waals surface area contributed by atoms with Crippen LogP contribution in [0.5, 0.6) is 0 Å². The Kier molecular flexibility index (Phi) is 4.97. The van der Waals surface area contributed by atoms with E-state index in [2.05, 4.69) is 53.2 Å². The second-order valence-corrected chi connectivity index (χ2v) is 7.56. The number of fused-ring (bicyclic) bond motifs is 3. The zero-order valence-corrected chi connectivity index (χ0v) is 17.4. The number of carbonyl (C=O) groups is 1. The monoisotopic (exact) mass is 387 g/mol. The summed E-state index contributed by atoms with van der Waals surface area (Å²) >= 11 is 0. The van der Waals surface area contributed by atoms with Crippen LogP contribution in [0.3, 0.4) is 0 Å². The molecule has 0 radical (unpaired) electrons. The molecule has 0 saturated carbocycles. The molecule has 0 spiro atoms. The lowest BCUT2D eigenvalue weighted by Crippen LogP contribution is -2.44. The van der Waals surface area contributed by atoms with Crippen LogP contribution >= 0.6 is 0 Å². The molecule has 0 fully saturated rings. The Hall–Kier alpha value is -3.34. The number of nitrogens with one attached hydrogen (secondary N) is 1. The molecule has 0 bridgehead atoms. The van der Waals surface area contributed by atoms with Gasteiger partial charge in [0.2, 0.25) is 6.04 Å². The summed E-state index contributed by atoms with van der Waals surface area (Å²) in [6.45, 7) is 4.97. The van der Waals surface area contributed by atoms with Crippen molar-refractivity contribution in [2.75, 3.05) is 24.3 Å². The second-order valence-electron chi connectivity index (χ2n) is 7.56. The summed E-state index contributed by atoms with van der Waals surface area (Å²) in [5.74, 6) is -0.0359. The third-order valence-electron chi connectivity index (χ3n) is 5.53. The maximum Gasteiger partial charge on any atom is 0.293 e. The molecular weight excluding hydrogens is 360 g/mol. The van der Waals surface area contributed by atoms with Crippen LogP contribution in [-0.4, -0.2) is 24.6 Å². The Labute approximate surface area is 171 Å². The van der Waals surface area contributed by atoms with E-state index in [1.807, 2.05) is 61.1 Å². The first kappa shape index (κ1) is 19.0. The van der Waals surface area contributed by atoms with Crippen LogP contribution in [0, 0.1) is 0 Å². The van der Waals surface area contributed by atoms with Crippen LogP contribution in [0.25, 0.3) is 21.8 Å². The zero-order chi connectivity index (χ0) is 20.5. The predicted octanol–water partition coefficient (Wildman–Crippen LogP) is 4.37. The van der Waals surface area contributed by atoms with E-state index in [9.17, 15) is 4.79 Å². The average Bonchev–Trinajstić information content (AvgIpc) is 3.06.